The number of ether oxygens (including phenoxy) is 2. The Morgan fingerprint density at radius 3 is 2.26 bits per heavy atom. The Hall–Kier alpha value is -3.16. The third-order valence-electron chi connectivity index (χ3n) is 5.73. The highest BCUT2D eigenvalue weighted by Crippen LogP contribution is 2.27. The summed E-state index contributed by atoms with van der Waals surface area (Å²) >= 11 is 0. The van der Waals surface area contributed by atoms with Crippen molar-refractivity contribution in [1.29, 1.82) is 0 Å². The van der Waals surface area contributed by atoms with Crippen LogP contribution in [0.1, 0.15) is 38.3 Å². The minimum absolute atomic E-state index is 0.0569. The molecule has 1 fully saturated rings. The first kappa shape index (κ1) is 24.9. The fourth-order valence-electron chi connectivity index (χ4n) is 4.07. The molecule has 0 spiro atoms. The van der Waals surface area contributed by atoms with Gasteiger partial charge in [0, 0.05) is 6.54 Å². The predicted molar refractivity (Wildman–Crippen MR) is 136 cm³/mol. The molecule has 0 radical (unpaired) electrons. The van der Waals surface area contributed by atoms with Crippen molar-refractivity contribution in [3.05, 3.63) is 90.0 Å². The summed E-state index contributed by atoms with van der Waals surface area (Å²) in [4.78, 5) is 12.6. The Labute approximate surface area is 207 Å². The van der Waals surface area contributed by atoms with Gasteiger partial charge in [0.05, 0.1) is 5.75 Å². The molecule has 0 saturated carbocycles. The molecule has 7 heteroatoms. The summed E-state index contributed by atoms with van der Waals surface area (Å²) in [7, 11) is -3.53. The highest BCUT2D eigenvalue weighted by Gasteiger charge is 2.43. The van der Waals surface area contributed by atoms with Crippen LogP contribution in [0.15, 0.2) is 78.9 Å². The molecule has 0 N–H and O–H groups in total. The smallest absolute Gasteiger partial charge is 0.325 e. The lowest BCUT2D eigenvalue weighted by molar-refractivity contribution is -0.159. The van der Waals surface area contributed by atoms with Gasteiger partial charge in [-0.05, 0) is 61.6 Å². The topological polar surface area (TPSA) is 72.9 Å². The second-order valence-corrected chi connectivity index (χ2v) is 11.7. The first-order valence-corrected chi connectivity index (χ1v) is 13.3. The molecule has 0 unspecified atom stereocenters. The minimum Gasteiger partial charge on any atom is -0.489 e. The molecule has 1 aliphatic heterocycles. The highest BCUT2D eigenvalue weighted by atomic mass is 32.2. The number of esters is 1. The van der Waals surface area contributed by atoms with E-state index in [1.165, 1.54) is 4.31 Å². The van der Waals surface area contributed by atoms with E-state index in [1.807, 2.05) is 66.7 Å². The van der Waals surface area contributed by atoms with Crippen molar-refractivity contribution in [2.75, 3.05) is 5.75 Å². The summed E-state index contributed by atoms with van der Waals surface area (Å²) < 4.78 is 38.0. The molecule has 35 heavy (non-hydrogen) atoms. The molecule has 3 aromatic carbocycles. The van der Waals surface area contributed by atoms with E-state index in [1.54, 1.807) is 20.8 Å². The highest BCUT2D eigenvalue weighted by molar-refractivity contribution is 7.89. The lowest BCUT2D eigenvalue weighted by Crippen LogP contribution is -2.41. The van der Waals surface area contributed by atoms with Gasteiger partial charge in [0.2, 0.25) is 10.0 Å². The van der Waals surface area contributed by atoms with Crippen molar-refractivity contribution in [3.63, 3.8) is 0 Å². The molecule has 184 valence electrons. The molecule has 0 aliphatic carbocycles. The number of rotatable bonds is 7. The van der Waals surface area contributed by atoms with Crippen LogP contribution in [0.4, 0.5) is 0 Å². The third kappa shape index (κ3) is 6.50. The summed E-state index contributed by atoms with van der Waals surface area (Å²) in [6, 6.07) is 24.8. The van der Waals surface area contributed by atoms with Crippen molar-refractivity contribution in [2.24, 2.45) is 0 Å². The number of carbonyl (C=O) groups excluding carboxylic acids is 1. The van der Waals surface area contributed by atoms with Gasteiger partial charge in [0.1, 0.15) is 24.0 Å². The van der Waals surface area contributed by atoms with Gasteiger partial charge in [0.15, 0.2) is 0 Å². The number of carbonyl (C=O) groups is 1. The summed E-state index contributed by atoms with van der Waals surface area (Å²) in [5, 5.41) is 0. The Morgan fingerprint density at radius 1 is 0.914 bits per heavy atom. The zero-order valence-corrected chi connectivity index (χ0v) is 21.1. The number of sulfonamides is 1. The van der Waals surface area contributed by atoms with E-state index in [-0.39, 0.29) is 18.7 Å². The summed E-state index contributed by atoms with van der Waals surface area (Å²) in [6.45, 7) is 5.79. The van der Waals surface area contributed by atoms with E-state index in [4.69, 9.17) is 9.47 Å². The van der Waals surface area contributed by atoms with E-state index in [9.17, 15) is 13.2 Å². The molecule has 1 aliphatic rings. The Bertz CT molecular complexity index is 1260. The molecule has 1 heterocycles. The minimum atomic E-state index is -3.53. The van der Waals surface area contributed by atoms with Crippen LogP contribution in [-0.2, 0) is 32.7 Å². The second kappa shape index (κ2) is 10.2. The lowest BCUT2D eigenvalue weighted by atomic mass is 10.1. The fraction of sp³-hybridized carbons (Fsp3) is 0.321. The van der Waals surface area contributed by atoms with E-state index < -0.39 is 27.6 Å². The van der Waals surface area contributed by atoms with Crippen LogP contribution in [0, 0.1) is 0 Å². The normalized spacial score (nSPS) is 17.7. The van der Waals surface area contributed by atoms with Gasteiger partial charge < -0.3 is 9.47 Å². The summed E-state index contributed by atoms with van der Waals surface area (Å²) in [6.07, 6.45) is 0.235. The average molecular weight is 494 g/mol. The molecule has 1 atom stereocenters. The van der Waals surface area contributed by atoms with Crippen molar-refractivity contribution in [3.8, 4) is 16.9 Å². The quantitative estimate of drug-likeness (QED) is 0.424. The standard InChI is InChI=1S/C28H31NO5S/c1-28(2,3)34-27(30)26-16-17-35(31,32)29(26)19-21-8-7-9-22(18-21)20-33-25-14-12-24(13-15-25)23-10-5-4-6-11-23/h4-15,18,26H,16-17,19-20H2,1-3H3/t26-/m1/s1. The number of hydrogen-bond donors (Lipinski definition) is 0. The van der Waals surface area contributed by atoms with E-state index in [0.717, 1.165) is 28.0 Å². The third-order valence-corrected chi connectivity index (χ3v) is 7.58. The van der Waals surface area contributed by atoms with Gasteiger partial charge in [-0.1, -0.05) is 66.7 Å². The van der Waals surface area contributed by atoms with Crippen molar-refractivity contribution in [2.45, 2.75) is 52.0 Å². The van der Waals surface area contributed by atoms with Crippen LogP contribution in [-0.4, -0.2) is 36.1 Å². The van der Waals surface area contributed by atoms with Gasteiger partial charge in [-0.25, -0.2) is 8.42 Å². The zero-order chi connectivity index (χ0) is 25.1. The van der Waals surface area contributed by atoms with Gasteiger partial charge in [-0.2, -0.15) is 4.31 Å². The Morgan fingerprint density at radius 2 is 1.57 bits per heavy atom. The van der Waals surface area contributed by atoms with Crippen molar-refractivity contribution < 1.29 is 22.7 Å². The molecular weight excluding hydrogens is 462 g/mol. The van der Waals surface area contributed by atoms with Crippen LogP contribution in [0.2, 0.25) is 0 Å². The van der Waals surface area contributed by atoms with Crippen LogP contribution < -0.4 is 4.74 Å². The number of hydrogen-bond acceptors (Lipinski definition) is 5. The Balaban J connectivity index is 1.41. The summed E-state index contributed by atoms with van der Waals surface area (Å²) in [5.41, 5.74) is 3.30. The number of benzene rings is 3. The Kier molecular flexibility index (Phi) is 7.28. The molecule has 0 bridgehead atoms. The molecule has 6 nitrogen and oxygen atoms in total. The largest absolute Gasteiger partial charge is 0.489 e. The van der Waals surface area contributed by atoms with Gasteiger partial charge in [-0.15, -0.1) is 0 Å². The van der Waals surface area contributed by atoms with Gasteiger partial charge in [0.25, 0.3) is 0 Å². The van der Waals surface area contributed by atoms with Crippen LogP contribution in [0.3, 0.4) is 0 Å². The summed E-state index contributed by atoms with van der Waals surface area (Å²) in [5.74, 6) is 0.192. The van der Waals surface area contributed by atoms with Crippen LogP contribution >= 0.6 is 0 Å². The molecule has 1 saturated heterocycles. The van der Waals surface area contributed by atoms with Crippen LogP contribution in [0.5, 0.6) is 5.75 Å². The first-order valence-electron chi connectivity index (χ1n) is 11.7. The number of nitrogens with zero attached hydrogens (tertiary/aromatic N) is 1. The molecule has 0 aromatic heterocycles. The average Bonchev–Trinajstić information content (AvgIpc) is 3.12. The molecule has 0 amide bonds. The molecule has 3 aromatic rings. The van der Waals surface area contributed by atoms with Crippen molar-refractivity contribution in [1.82, 2.24) is 4.31 Å². The van der Waals surface area contributed by atoms with E-state index >= 15 is 0 Å². The van der Waals surface area contributed by atoms with Gasteiger partial charge in [-0.3, -0.25) is 4.79 Å². The van der Waals surface area contributed by atoms with E-state index in [0.29, 0.717) is 6.61 Å². The van der Waals surface area contributed by atoms with E-state index in [2.05, 4.69) is 12.1 Å². The van der Waals surface area contributed by atoms with Crippen molar-refractivity contribution >= 4 is 16.0 Å². The first-order chi connectivity index (χ1) is 16.6. The zero-order valence-electron chi connectivity index (χ0n) is 20.3. The van der Waals surface area contributed by atoms with Crippen LogP contribution in [0.25, 0.3) is 11.1 Å². The maximum absolute atomic E-state index is 12.7. The van der Waals surface area contributed by atoms with Gasteiger partial charge >= 0.3 is 5.97 Å². The molecule has 4 rings (SSSR count). The maximum atomic E-state index is 12.7. The maximum Gasteiger partial charge on any atom is 0.325 e. The monoisotopic (exact) mass is 493 g/mol. The lowest BCUT2D eigenvalue weighted by Gasteiger charge is -2.26. The second-order valence-electron chi connectivity index (χ2n) is 9.70. The SMILES string of the molecule is CC(C)(C)OC(=O)[C@H]1CCS(=O)(=O)N1Cc1cccc(COc2ccc(-c3ccccc3)cc2)c1. The predicted octanol–water partition coefficient (Wildman–Crippen LogP) is 5.18. The fourth-order valence-corrected chi connectivity index (χ4v) is 5.75. The molecular formula is C28H31NO5S.